The van der Waals surface area contributed by atoms with E-state index in [1.807, 2.05) is 29.6 Å². The van der Waals surface area contributed by atoms with Gasteiger partial charge in [-0.05, 0) is 29.2 Å². The first-order chi connectivity index (χ1) is 16.1. The molecular formula is C21H18N6O5S. The second-order valence-electron chi connectivity index (χ2n) is 6.57. The van der Waals surface area contributed by atoms with Crippen molar-refractivity contribution >= 4 is 23.0 Å². The molecule has 11 nitrogen and oxygen atoms in total. The fourth-order valence-corrected chi connectivity index (χ4v) is 3.48. The van der Waals surface area contributed by atoms with Crippen LogP contribution in [-0.4, -0.2) is 38.7 Å². The Bertz CT molecular complexity index is 1230. The zero-order chi connectivity index (χ0) is 23.2. The molecule has 4 rings (SSSR count). The van der Waals surface area contributed by atoms with Gasteiger partial charge in [-0.2, -0.15) is 4.98 Å². The highest BCUT2D eigenvalue weighted by atomic mass is 32.1. The molecular weight excluding hydrogens is 448 g/mol. The number of aromatic nitrogens is 4. The molecule has 0 aliphatic rings. The van der Waals surface area contributed by atoms with Gasteiger partial charge in [0.15, 0.2) is 11.5 Å². The van der Waals surface area contributed by atoms with Crippen molar-refractivity contribution < 1.29 is 19.1 Å². The lowest BCUT2D eigenvalue weighted by Crippen LogP contribution is -2.07. The Hall–Kier alpha value is -4.32. The third-order valence-electron chi connectivity index (χ3n) is 4.62. The first kappa shape index (κ1) is 21.9. The summed E-state index contributed by atoms with van der Waals surface area (Å²) in [7, 11) is 2.92. The minimum absolute atomic E-state index is 0.0200. The number of ether oxygens (including phenoxy) is 3. The summed E-state index contributed by atoms with van der Waals surface area (Å²) in [6.07, 6.45) is 1.19. The van der Waals surface area contributed by atoms with Crippen molar-refractivity contribution in [2.75, 3.05) is 19.5 Å². The minimum Gasteiger partial charge on any atom is -0.493 e. The molecule has 0 aliphatic carbocycles. The van der Waals surface area contributed by atoms with E-state index in [9.17, 15) is 10.1 Å². The fourth-order valence-electron chi connectivity index (χ4n) is 3.02. The summed E-state index contributed by atoms with van der Waals surface area (Å²) in [5.41, 5.74) is 2.21. The van der Waals surface area contributed by atoms with E-state index in [0.29, 0.717) is 18.0 Å². The summed E-state index contributed by atoms with van der Waals surface area (Å²) in [5, 5.41) is 20.7. The van der Waals surface area contributed by atoms with Gasteiger partial charge in [-0.1, -0.05) is 34.8 Å². The quantitative estimate of drug-likeness (QED) is 0.280. The Balaban J connectivity index is 1.58. The molecule has 168 valence electrons. The summed E-state index contributed by atoms with van der Waals surface area (Å²) in [6, 6.07) is 12.6. The maximum absolute atomic E-state index is 11.9. The Morgan fingerprint density at radius 1 is 1.06 bits per heavy atom. The SMILES string of the molecule is COc1cccc(OC)c1Oc1ncnc(NCc2ccc(-c3csnn3)cc2)c1[N+](=O)[O-]. The maximum atomic E-state index is 11.9. The smallest absolute Gasteiger partial charge is 0.373 e. The van der Waals surface area contributed by atoms with Crippen LogP contribution in [0.1, 0.15) is 5.56 Å². The molecule has 0 spiro atoms. The number of anilines is 1. The van der Waals surface area contributed by atoms with E-state index in [0.717, 1.165) is 16.8 Å². The molecule has 2 heterocycles. The van der Waals surface area contributed by atoms with Gasteiger partial charge in [-0.25, -0.2) is 4.98 Å². The zero-order valence-electron chi connectivity index (χ0n) is 17.6. The highest BCUT2D eigenvalue weighted by Gasteiger charge is 2.27. The number of hydrogen-bond donors (Lipinski definition) is 1. The number of hydrogen-bond acceptors (Lipinski definition) is 11. The van der Waals surface area contributed by atoms with Gasteiger partial charge in [0.05, 0.1) is 19.1 Å². The van der Waals surface area contributed by atoms with E-state index >= 15 is 0 Å². The van der Waals surface area contributed by atoms with Crippen molar-refractivity contribution in [1.82, 2.24) is 19.6 Å². The van der Waals surface area contributed by atoms with E-state index < -0.39 is 10.6 Å². The first-order valence-electron chi connectivity index (χ1n) is 9.59. The van der Waals surface area contributed by atoms with Gasteiger partial charge >= 0.3 is 11.6 Å². The van der Waals surface area contributed by atoms with Crippen LogP contribution in [0.25, 0.3) is 11.3 Å². The van der Waals surface area contributed by atoms with Crippen molar-refractivity contribution in [3.05, 3.63) is 69.8 Å². The highest BCUT2D eigenvalue weighted by molar-refractivity contribution is 7.03. The normalized spacial score (nSPS) is 10.5. The lowest BCUT2D eigenvalue weighted by Gasteiger charge is -2.14. The topological polar surface area (TPSA) is 134 Å². The molecule has 12 heteroatoms. The number of nitrogens with zero attached hydrogens (tertiary/aromatic N) is 5. The lowest BCUT2D eigenvalue weighted by molar-refractivity contribution is -0.385. The van der Waals surface area contributed by atoms with Crippen LogP contribution in [0.2, 0.25) is 0 Å². The van der Waals surface area contributed by atoms with Gasteiger partial charge in [-0.15, -0.1) is 5.10 Å². The van der Waals surface area contributed by atoms with Gasteiger partial charge < -0.3 is 19.5 Å². The number of rotatable bonds is 9. The Labute approximate surface area is 192 Å². The largest absolute Gasteiger partial charge is 0.493 e. The molecule has 0 aliphatic heterocycles. The summed E-state index contributed by atoms with van der Waals surface area (Å²) in [4.78, 5) is 19.3. The second kappa shape index (κ2) is 9.87. The van der Waals surface area contributed by atoms with Crippen LogP contribution in [0.4, 0.5) is 11.5 Å². The molecule has 1 N–H and O–H groups in total. The molecule has 0 unspecified atom stereocenters. The molecule has 33 heavy (non-hydrogen) atoms. The number of benzene rings is 2. The summed E-state index contributed by atoms with van der Waals surface area (Å²) >= 11 is 1.28. The van der Waals surface area contributed by atoms with E-state index in [-0.39, 0.29) is 17.4 Å². The van der Waals surface area contributed by atoms with E-state index in [4.69, 9.17) is 14.2 Å². The van der Waals surface area contributed by atoms with E-state index in [1.165, 1.54) is 32.1 Å². The molecule has 0 atom stereocenters. The predicted octanol–water partition coefficient (Wildman–Crippen LogP) is 4.32. The third-order valence-corrected chi connectivity index (χ3v) is 5.13. The predicted molar refractivity (Wildman–Crippen MR) is 121 cm³/mol. The van der Waals surface area contributed by atoms with Crippen LogP contribution in [0.15, 0.2) is 54.2 Å². The van der Waals surface area contributed by atoms with Gasteiger partial charge in [0, 0.05) is 17.5 Å². The number of nitro groups is 1. The van der Waals surface area contributed by atoms with Crippen molar-refractivity contribution in [2.24, 2.45) is 0 Å². The highest BCUT2D eigenvalue weighted by Crippen LogP contribution is 2.42. The van der Waals surface area contributed by atoms with Crippen LogP contribution in [-0.2, 0) is 6.54 Å². The number of methoxy groups -OCH3 is 2. The molecule has 0 saturated carbocycles. The summed E-state index contributed by atoms with van der Waals surface area (Å²) in [6.45, 7) is 0.296. The molecule has 2 aromatic heterocycles. The summed E-state index contributed by atoms with van der Waals surface area (Å²) < 4.78 is 20.2. The van der Waals surface area contributed by atoms with Crippen LogP contribution in [0, 0.1) is 10.1 Å². The van der Waals surface area contributed by atoms with Crippen LogP contribution < -0.4 is 19.5 Å². The molecule has 4 aromatic rings. The minimum atomic E-state index is -0.599. The Morgan fingerprint density at radius 3 is 2.39 bits per heavy atom. The van der Waals surface area contributed by atoms with Gasteiger partial charge in [0.25, 0.3) is 0 Å². The molecule has 0 radical (unpaired) electrons. The van der Waals surface area contributed by atoms with Crippen LogP contribution in [0.3, 0.4) is 0 Å². The van der Waals surface area contributed by atoms with Gasteiger partial charge in [0.1, 0.15) is 12.0 Å². The van der Waals surface area contributed by atoms with Crippen LogP contribution >= 0.6 is 11.5 Å². The molecule has 2 aromatic carbocycles. The Morgan fingerprint density at radius 2 is 1.79 bits per heavy atom. The lowest BCUT2D eigenvalue weighted by atomic mass is 10.1. The first-order valence-corrected chi connectivity index (χ1v) is 10.4. The van der Waals surface area contributed by atoms with E-state index in [2.05, 4.69) is 24.9 Å². The molecule has 0 amide bonds. The van der Waals surface area contributed by atoms with Crippen molar-refractivity contribution in [3.8, 4) is 34.4 Å². The van der Waals surface area contributed by atoms with Gasteiger partial charge in [0.2, 0.25) is 11.6 Å². The van der Waals surface area contributed by atoms with Crippen molar-refractivity contribution in [1.29, 1.82) is 0 Å². The van der Waals surface area contributed by atoms with Crippen molar-refractivity contribution in [2.45, 2.75) is 6.54 Å². The zero-order valence-corrected chi connectivity index (χ0v) is 18.4. The summed E-state index contributed by atoms with van der Waals surface area (Å²) in [5.74, 6) is 0.625. The van der Waals surface area contributed by atoms with Crippen LogP contribution in [0.5, 0.6) is 23.1 Å². The third kappa shape index (κ3) is 4.80. The number of para-hydroxylation sites is 1. The molecule has 0 bridgehead atoms. The van der Waals surface area contributed by atoms with E-state index in [1.54, 1.807) is 18.2 Å². The standard InChI is InChI=1S/C21H18N6O5S/c1-30-16-4-3-5-17(31-2)19(16)32-21-18(27(28)29)20(23-12-24-21)22-10-13-6-8-14(9-7-13)15-11-33-26-25-15/h3-9,11-12H,10H2,1-2H3,(H,22,23,24). The maximum Gasteiger partial charge on any atom is 0.373 e. The average Bonchev–Trinajstić information content (AvgIpc) is 3.38. The average molecular weight is 466 g/mol. The van der Waals surface area contributed by atoms with Gasteiger partial charge in [-0.3, -0.25) is 10.1 Å². The fraction of sp³-hybridized carbons (Fsp3) is 0.143. The van der Waals surface area contributed by atoms with Crippen molar-refractivity contribution in [3.63, 3.8) is 0 Å². The second-order valence-corrected chi connectivity index (χ2v) is 7.18. The number of nitrogens with one attached hydrogen (secondary N) is 1. The Kier molecular flexibility index (Phi) is 6.55. The molecule has 0 fully saturated rings. The molecule has 0 saturated heterocycles. The monoisotopic (exact) mass is 466 g/mol.